The Morgan fingerprint density at radius 3 is 2.28 bits per heavy atom. The normalized spacial score (nSPS) is 27.7. The summed E-state index contributed by atoms with van der Waals surface area (Å²) in [6, 6.07) is 1.04. The maximum Gasteiger partial charge on any atom is 0.503 e. The van der Waals surface area contributed by atoms with Crippen LogP contribution in [-0.2, 0) is 22.1 Å². The molecule has 2 fully saturated rings. The van der Waals surface area contributed by atoms with Crippen molar-refractivity contribution in [2.75, 3.05) is 61.7 Å². The van der Waals surface area contributed by atoms with E-state index < -0.39 is 17.5 Å². The van der Waals surface area contributed by atoms with E-state index in [1.54, 1.807) is 35.5 Å². The van der Waals surface area contributed by atoms with Crippen LogP contribution in [0.1, 0.15) is 57.8 Å². The predicted molar refractivity (Wildman–Crippen MR) is 132 cm³/mol. The van der Waals surface area contributed by atoms with Gasteiger partial charge in [-0.15, -0.1) is 0 Å². The molecule has 1 aliphatic carbocycles. The van der Waals surface area contributed by atoms with Gasteiger partial charge in [-0.3, -0.25) is 4.57 Å². The lowest BCUT2D eigenvalue weighted by molar-refractivity contribution is 0.0949. The SMILES string of the molecule is CO[Si](OC)(OC)C(CCCN1CCC[Si]1(OC)OC)CCC1(CN)CCCC(CN)C1. The lowest BCUT2D eigenvalue weighted by Gasteiger charge is -2.42. The molecule has 4 N–H and O–H groups in total. The Hall–Kier alpha value is 0.114. The van der Waals surface area contributed by atoms with Crippen LogP contribution in [0.5, 0.6) is 0 Å². The molecule has 2 rings (SSSR count). The molecule has 2 aliphatic rings. The van der Waals surface area contributed by atoms with Gasteiger partial charge in [-0.2, -0.15) is 0 Å². The number of rotatable bonds is 15. The van der Waals surface area contributed by atoms with Crippen molar-refractivity contribution in [1.29, 1.82) is 0 Å². The van der Waals surface area contributed by atoms with E-state index in [4.69, 9.17) is 33.6 Å². The molecule has 1 saturated heterocycles. The van der Waals surface area contributed by atoms with Gasteiger partial charge in [0.1, 0.15) is 0 Å². The van der Waals surface area contributed by atoms with E-state index in [-0.39, 0.29) is 11.0 Å². The third-order valence-corrected chi connectivity index (χ3v) is 15.2. The van der Waals surface area contributed by atoms with Crippen molar-refractivity contribution in [3.63, 3.8) is 0 Å². The van der Waals surface area contributed by atoms with Gasteiger partial charge in [-0.25, -0.2) is 0 Å². The Balaban J connectivity index is 2.06. The summed E-state index contributed by atoms with van der Waals surface area (Å²) in [5.74, 6) is 0.594. The van der Waals surface area contributed by atoms with Crippen LogP contribution in [0.4, 0.5) is 0 Å². The molecule has 0 aromatic rings. The molecule has 1 saturated carbocycles. The topological polar surface area (TPSA) is 101 Å². The highest BCUT2D eigenvalue weighted by Crippen LogP contribution is 2.45. The summed E-state index contributed by atoms with van der Waals surface area (Å²) in [5.41, 5.74) is 12.8. The van der Waals surface area contributed by atoms with Crippen molar-refractivity contribution in [1.82, 2.24) is 4.57 Å². The second-order valence-corrected chi connectivity index (χ2v) is 16.3. The zero-order chi connectivity index (χ0) is 23.7. The van der Waals surface area contributed by atoms with Gasteiger partial charge in [0.2, 0.25) is 0 Å². The lowest BCUT2D eigenvalue weighted by Crippen LogP contribution is -2.53. The van der Waals surface area contributed by atoms with E-state index in [2.05, 4.69) is 4.57 Å². The number of nitrogens with two attached hydrogens (primary N) is 2. The van der Waals surface area contributed by atoms with Gasteiger partial charge in [0.05, 0.1) is 0 Å². The van der Waals surface area contributed by atoms with Crippen molar-refractivity contribution in [3.05, 3.63) is 0 Å². The van der Waals surface area contributed by atoms with E-state index in [1.165, 1.54) is 19.3 Å². The minimum atomic E-state index is -2.77. The molecule has 3 unspecified atom stereocenters. The Kier molecular flexibility index (Phi) is 11.8. The van der Waals surface area contributed by atoms with Crippen molar-refractivity contribution >= 4 is 17.5 Å². The van der Waals surface area contributed by atoms with Crippen LogP contribution in [0.15, 0.2) is 0 Å². The highest BCUT2D eigenvalue weighted by molar-refractivity contribution is 6.65. The van der Waals surface area contributed by atoms with E-state index in [9.17, 15) is 0 Å². The number of hydrogen-bond donors (Lipinski definition) is 2. The minimum absolute atomic E-state index is 0.180. The molecular formula is C22H49N3O5Si2. The van der Waals surface area contributed by atoms with E-state index in [1.807, 2.05) is 0 Å². The van der Waals surface area contributed by atoms with Crippen LogP contribution in [0.3, 0.4) is 0 Å². The summed E-state index contributed by atoms with van der Waals surface area (Å²) in [6.07, 6.45) is 10.0. The predicted octanol–water partition coefficient (Wildman–Crippen LogP) is 2.83. The fraction of sp³-hybridized carbons (Fsp3) is 1.00. The van der Waals surface area contributed by atoms with Gasteiger partial charge >= 0.3 is 17.5 Å². The van der Waals surface area contributed by atoms with Crippen LogP contribution in [0.25, 0.3) is 0 Å². The molecule has 3 atom stereocenters. The molecule has 0 radical (unpaired) electrons. The van der Waals surface area contributed by atoms with Crippen molar-refractivity contribution in [2.24, 2.45) is 22.8 Å². The Labute approximate surface area is 198 Å². The van der Waals surface area contributed by atoms with Crippen LogP contribution in [0.2, 0.25) is 11.6 Å². The van der Waals surface area contributed by atoms with Crippen molar-refractivity contribution < 1.29 is 22.1 Å². The van der Waals surface area contributed by atoms with Gasteiger partial charge in [-0.1, -0.05) is 6.42 Å². The summed E-state index contributed by atoms with van der Waals surface area (Å²) in [5, 5.41) is 0. The molecule has 0 spiro atoms. The van der Waals surface area contributed by atoms with Crippen LogP contribution < -0.4 is 11.5 Å². The zero-order valence-corrected chi connectivity index (χ0v) is 23.2. The first kappa shape index (κ1) is 28.4. The largest absolute Gasteiger partial charge is 0.503 e. The molecule has 1 heterocycles. The third kappa shape index (κ3) is 6.41. The maximum atomic E-state index is 6.34. The first-order chi connectivity index (χ1) is 15.4. The summed E-state index contributed by atoms with van der Waals surface area (Å²) in [7, 11) is 3.79. The minimum Gasteiger partial charge on any atom is -0.386 e. The molecule has 32 heavy (non-hydrogen) atoms. The summed E-state index contributed by atoms with van der Waals surface area (Å²) >= 11 is 0. The summed E-state index contributed by atoms with van der Waals surface area (Å²) in [4.78, 5) is 0. The first-order valence-electron chi connectivity index (χ1n) is 12.3. The van der Waals surface area contributed by atoms with Crippen LogP contribution >= 0.6 is 0 Å². The van der Waals surface area contributed by atoms with E-state index in [0.717, 1.165) is 70.7 Å². The van der Waals surface area contributed by atoms with Gasteiger partial charge < -0.3 is 33.6 Å². The Bertz CT molecular complexity index is 531. The summed E-state index contributed by atoms with van der Waals surface area (Å²) < 4.78 is 32.0. The lowest BCUT2D eigenvalue weighted by atomic mass is 9.67. The fourth-order valence-corrected chi connectivity index (χ4v) is 11.8. The van der Waals surface area contributed by atoms with Gasteiger partial charge in [0.15, 0.2) is 0 Å². The van der Waals surface area contributed by atoms with Crippen LogP contribution in [-0.4, -0.2) is 83.8 Å². The van der Waals surface area contributed by atoms with Crippen molar-refractivity contribution in [2.45, 2.75) is 69.4 Å². The van der Waals surface area contributed by atoms with Gasteiger partial charge in [-0.05, 0) is 88.9 Å². The average molecular weight is 492 g/mol. The number of nitrogens with zero attached hydrogens (tertiary/aromatic N) is 1. The average Bonchev–Trinajstić information content (AvgIpc) is 3.26. The molecular weight excluding hydrogens is 442 g/mol. The standard InChI is InChI=1S/C22H49N3O5Si2/c1-26-31(27-2)16-8-15-25(31)14-7-10-21(32(28-3,29-4)30-5)11-13-22(19-24)12-6-9-20(17-22)18-23/h20-21H,6-19,23-24H2,1-5H3. The zero-order valence-electron chi connectivity index (χ0n) is 21.2. The molecule has 10 heteroatoms. The van der Waals surface area contributed by atoms with Crippen LogP contribution in [0, 0.1) is 11.3 Å². The first-order valence-corrected chi connectivity index (χ1v) is 16.1. The molecule has 190 valence electrons. The molecule has 0 aromatic carbocycles. The second kappa shape index (κ2) is 13.3. The third-order valence-electron chi connectivity index (χ3n) is 8.21. The smallest absolute Gasteiger partial charge is 0.386 e. The summed E-state index contributed by atoms with van der Waals surface area (Å²) in [6.45, 7) is 3.51. The van der Waals surface area contributed by atoms with E-state index >= 15 is 0 Å². The molecule has 0 amide bonds. The quantitative estimate of drug-likeness (QED) is 0.337. The number of hydrogen-bond acceptors (Lipinski definition) is 8. The Morgan fingerprint density at radius 2 is 1.72 bits per heavy atom. The Morgan fingerprint density at radius 1 is 1.03 bits per heavy atom. The molecule has 0 bridgehead atoms. The molecule has 0 aromatic heterocycles. The van der Waals surface area contributed by atoms with Crippen molar-refractivity contribution in [3.8, 4) is 0 Å². The molecule has 8 nitrogen and oxygen atoms in total. The van der Waals surface area contributed by atoms with E-state index in [0.29, 0.717) is 5.92 Å². The highest BCUT2D eigenvalue weighted by atomic mass is 28.4. The van der Waals surface area contributed by atoms with Gasteiger partial charge in [0, 0.05) is 47.1 Å². The highest BCUT2D eigenvalue weighted by Gasteiger charge is 2.49. The van der Waals surface area contributed by atoms with Gasteiger partial charge in [0.25, 0.3) is 0 Å². The monoisotopic (exact) mass is 491 g/mol. The molecule has 1 aliphatic heterocycles. The maximum absolute atomic E-state index is 6.34. The fourth-order valence-electron chi connectivity index (χ4n) is 6.20. The second-order valence-electron chi connectivity index (χ2n) is 9.71.